The average molecular weight is 830 g/mol. The summed E-state index contributed by atoms with van der Waals surface area (Å²) in [5.41, 5.74) is 5.34. The van der Waals surface area contributed by atoms with Crippen molar-refractivity contribution < 1.29 is 47.5 Å². The fourth-order valence-corrected chi connectivity index (χ4v) is 7.11. The third-order valence-corrected chi connectivity index (χ3v) is 10.9. The quantitative estimate of drug-likeness (QED) is 0.0231. The highest BCUT2D eigenvalue weighted by atomic mass is 31.2. The van der Waals surface area contributed by atoms with Crippen LogP contribution in [0, 0.1) is 0 Å². The zero-order valence-corrected chi connectivity index (χ0v) is 37.1. The summed E-state index contributed by atoms with van der Waals surface area (Å²) in [6.07, 6.45) is 42.3. The van der Waals surface area contributed by atoms with E-state index in [4.69, 9.17) is 24.8 Å². The van der Waals surface area contributed by atoms with Gasteiger partial charge in [0.05, 0.1) is 13.2 Å². The maximum atomic E-state index is 12.6. The number of aliphatic carboxylic acids is 1. The molecule has 11 nitrogen and oxygen atoms in total. The van der Waals surface area contributed by atoms with Gasteiger partial charge in [0, 0.05) is 12.8 Å². The van der Waals surface area contributed by atoms with Crippen molar-refractivity contribution in [3.05, 3.63) is 24.3 Å². The topological polar surface area (TPSA) is 172 Å². The van der Waals surface area contributed by atoms with Crippen LogP contribution in [0.25, 0.3) is 0 Å². The van der Waals surface area contributed by atoms with Crippen molar-refractivity contribution in [1.82, 2.24) is 0 Å². The second-order valence-electron chi connectivity index (χ2n) is 15.5. The number of hydrogen-bond acceptors (Lipinski definition) is 9. The Labute approximate surface area is 347 Å². The van der Waals surface area contributed by atoms with E-state index in [1.807, 2.05) is 0 Å². The Kier molecular flexibility index (Phi) is 39.3. The largest absolute Gasteiger partial charge is 0.480 e. The molecule has 0 rings (SSSR count). The molecule has 0 aromatic heterocycles. The Morgan fingerprint density at radius 1 is 0.544 bits per heavy atom. The third kappa shape index (κ3) is 40.5. The van der Waals surface area contributed by atoms with Crippen molar-refractivity contribution in [2.24, 2.45) is 5.73 Å². The number of carboxylic acids is 1. The molecule has 0 saturated carbocycles. The van der Waals surface area contributed by atoms with Crippen LogP contribution in [0.1, 0.15) is 213 Å². The van der Waals surface area contributed by atoms with Crippen LogP contribution in [0.4, 0.5) is 0 Å². The Balaban J connectivity index is 4.32. The van der Waals surface area contributed by atoms with Gasteiger partial charge in [-0.05, 0) is 44.9 Å². The Hall–Kier alpha value is -2.04. The van der Waals surface area contributed by atoms with Gasteiger partial charge in [-0.1, -0.05) is 179 Å². The number of esters is 2. The van der Waals surface area contributed by atoms with Crippen molar-refractivity contribution in [2.75, 3.05) is 19.8 Å². The van der Waals surface area contributed by atoms with Gasteiger partial charge in [-0.3, -0.25) is 23.4 Å². The molecule has 0 bridgehead atoms. The van der Waals surface area contributed by atoms with Gasteiger partial charge in [0.2, 0.25) is 0 Å². The number of carboxylic acid groups (broad SMARTS) is 1. The van der Waals surface area contributed by atoms with Gasteiger partial charge in [-0.15, -0.1) is 0 Å². The van der Waals surface area contributed by atoms with E-state index in [-0.39, 0.29) is 19.4 Å². The average Bonchev–Trinajstić information content (AvgIpc) is 3.19. The van der Waals surface area contributed by atoms with Gasteiger partial charge in [-0.25, -0.2) is 4.57 Å². The van der Waals surface area contributed by atoms with Crippen molar-refractivity contribution >= 4 is 25.7 Å². The molecule has 0 aliphatic carbocycles. The summed E-state index contributed by atoms with van der Waals surface area (Å²) >= 11 is 0. The molecule has 57 heavy (non-hydrogen) atoms. The second kappa shape index (κ2) is 40.7. The number of carbonyl (C=O) groups excluding carboxylic acids is 2. The lowest BCUT2D eigenvalue weighted by Gasteiger charge is -2.20. The highest BCUT2D eigenvalue weighted by Crippen LogP contribution is 2.43. The van der Waals surface area contributed by atoms with E-state index in [0.717, 1.165) is 51.4 Å². The van der Waals surface area contributed by atoms with Crippen LogP contribution < -0.4 is 5.73 Å². The number of ether oxygens (including phenoxy) is 2. The summed E-state index contributed by atoms with van der Waals surface area (Å²) in [6.45, 7) is 2.79. The number of rotatable bonds is 43. The maximum absolute atomic E-state index is 12.6. The smallest absolute Gasteiger partial charge is 0.472 e. The van der Waals surface area contributed by atoms with Gasteiger partial charge in [0.15, 0.2) is 6.10 Å². The van der Waals surface area contributed by atoms with Gasteiger partial charge in [-0.2, -0.15) is 0 Å². The summed E-state index contributed by atoms with van der Waals surface area (Å²) in [5, 5.41) is 8.89. The number of phosphoric ester groups is 1. The van der Waals surface area contributed by atoms with Gasteiger partial charge >= 0.3 is 25.7 Å². The first kappa shape index (κ1) is 55.0. The summed E-state index contributed by atoms with van der Waals surface area (Å²) in [5.74, 6) is -2.38. The molecule has 0 spiro atoms. The van der Waals surface area contributed by atoms with Gasteiger partial charge in [0.25, 0.3) is 0 Å². The van der Waals surface area contributed by atoms with E-state index in [2.05, 4.69) is 42.7 Å². The summed E-state index contributed by atoms with van der Waals surface area (Å²) in [4.78, 5) is 46.0. The van der Waals surface area contributed by atoms with Crippen molar-refractivity contribution in [3.63, 3.8) is 0 Å². The molecular formula is C45H84NO10P. The first-order valence-corrected chi connectivity index (χ1v) is 24.4. The zero-order chi connectivity index (χ0) is 42.1. The molecule has 334 valence electrons. The molecule has 4 N–H and O–H groups in total. The molecule has 0 aliphatic rings. The Morgan fingerprint density at radius 2 is 0.930 bits per heavy atom. The lowest BCUT2D eigenvalue weighted by atomic mass is 10.0. The van der Waals surface area contributed by atoms with E-state index in [1.54, 1.807) is 0 Å². The van der Waals surface area contributed by atoms with Crippen LogP contribution >= 0.6 is 7.82 Å². The molecule has 0 aromatic rings. The van der Waals surface area contributed by atoms with Crippen LogP contribution in [0.15, 0.2) is 24.3 Å². The Bertz CT molecular complexity index is 1070. The minimum absolute atomic E-state index is 0.164. The molecule has 12 heteroatoms. The molecule has 0 radical (unpaired) electrons. The van der Waals surface area contributed by atoms with Crippen LogP contribution in [-0.2, 0) is 37.5 Å². The fourth-order valence-electron chi connectivity index (χ4n) is 6.33. The normalized spacial score (nSPS) is 13.9. The molecule has 0 amide bonds. The van der Waals surface area contributed by atoms with Crippen molar-refractivity contribution in [3.8, 4) is 0 Å². The number of allylic oxidation sites excluding steroid dienone is 4. The first-order valence-electron chi connectivity index (χ1n) is 22.9. The predicted molar refractivity (Wildman–Crippen MR) is 231 cm³/mol. The second-order valence-corrected chi connectivity index (χ2v) is 17.0. The molecule has 0 heterocycles. The summed E-state index contributed by atoms with van der Waals surface area (Å²) < 4.78 is 32.7. The zero-order valence-electron chi connectivity index (χ0n) is 36.2. The highest BCUT2D eigenvalue weighted by molar-refractivity contribution is 7.47. The number of carbonyl (C=O) groups is 3. The monoisotopic (exact) mass is 830 g/mol. The predicted octanol–water partition coefficient (Wildman–Crippen LogP) is 12.2. The van der Waals surface area contributed by atoms with E-state index in [9.17, 15) is 23.8 Å². The van der Waals surface area contributed by atoms with Gasteiger partial charge in [0.1, 0.15) is 12.6 Å². The number of hydrogen-bond donors (Lipinski definition) is 3. The Morgan fingerprint density at radius 3 is 1.40 bits per heavy atom. The van der Waals surface area contributed by atoms with E-state index in [0.29, 0.717) is 12.8 Å². The fraction of sp³-hybridized carbons (Fsp3) is 0.844. The summed E-state index contributed by atoms with van der Waals surface area (Å²) in [6, 6.07) is -1.52. The molecule has 1 unspecified atom stereocenters. The third-order valence-electron chi connectivity index (χ3n) is 9.95. The summed E-state index contributed by atoms with van der Waals surface area (Å²) in [7, 11) is -4.71. The molecule has 0 aliphatic heterocycles. The van der Waals surface area contributed by atoms with E-state index >= 15 is 0 Å². The van der Waals surface area contributed by atoms with Crippen molar-refractivity contribution in [2.45, 2.75) is 225 Å². The van der Waals surface area contributed by atoms with Crippen LogP contribution in [0.2, 0.25) is 0 Å². The molecule has 0 aromatic carbocycles. The lowest BCUT2D eigenvalue weighted by Crippen LogP contribution is -2.34. The standard InChI is InChI=1S/C45H84NO10P/c1-3-5-7-9-11-13-15-17-19-21-23-24-26-28-30-32-34-36-43(47)53-38-41(39-54-57(51,52)55-40-42(46)45(49)50)56-44(48)37-35-33-31-29-27-25-22-20-18-16-14-12-10-8-6-4-2/h11,13,17,19,41-42H,3-10,12,14-16,18,20-40,46H2,1-2H3,(H,49,50)(H,51,52)/b13-11-,19-17-/t41-,42+/m1/s1. The lowest BCUT2D eigenvalue weighted by molar-refractivity contribution is -0.161. The molecule has 3 atom stereocenters. The minimum atomic E-state index is -4.71. The van der Waals surface area contributed by atoms with Crippen molar-refractivity contribution in [1.29, 1.82) is 0 Å². The minimum Gasteiger partial charge on any atom is -0.480 e. The van der Waals surface area contributed by atoms with Crippen LogP contribution in [0.5, 0.6) is 0 Å². The highest BCUT2D eigenvalue weighted by Gasteiger charge is 2.28. The van der Waals surface area contributed by atoms with Crippen LogP contribution in [-0.4, -0.2) is 59.9 Å². The van der Waals surface area contributed by atoms with E-state index < -0.39 is 51.1 Å². The van der Waals surface area contributed by atoms with Crippen LogP contribution in [0.3, 0.4) is 0 Å². The van der Waals surface area contributed by atoms with Gasteiger partial charge < -0.3 is 25.2 Å². The van der Waals surface area contributed by atoms with E-state index in [1.165, 1.54) is 122 Å². The molecule has 0 fully saturated rings. The maximum Gasteiger partial charge on any atom is 0.472 e. The first-order chi connectivity index (χ1) is 27.6. The molecular weight excluding hydrogens is 745 g/mol. The SMILES string of the molecule is CCCCC/C=C\C/C=C\CCCCCCCCCC(=O)OC[C@H](COP(=O)(O)OC[C@H](N)C(=O)O)OC(=O)CCCCCCCCCCCCCCCCCC. The number of phosphoric acid groups is 1. The number of nitrogens with two attached hydrogens (primary N) is 1. The molecule has 0 saturated heterocycles. The number of unbranched alkanes of at least 4 members (excludes halogenated alkanes) is 25.